The number of aryl methyl sites for hydroxylation is 1. The van der Waals surface area contributed by atoms with Gasteiger partial charge >= 0.3 is 5.69 Å². The zero-order chi connectivity index (χ0) is 19.0. The van der Waals surface area contributed by atoms with Crippen molar-refractivity contribution in [2.75, 3.05) is 0 Å². The molecule has 7 heteroatoms. The number of hydrazone groups is 1. The van der Waals surface area contributed by atoms with E-state index in [9.17, 15) is 14.7 Å². The number of aromatic nitrogens is 2. The van der Waals surface area contributed by atoms with Crippen molar-refractivity contribution in [3.63, 3.8) is 0 Å². The average Bonchev–Trinajstić information content (AvgIpc) is 3.13. The maximum Gasteiger partial charge on any atom is 0.335 e. The lowest BCUT2D eigenvalue weighted by Gasteiger charge is -2.13. The molecule has 0 bridgehead atoms. The molecule has 1 aliphatic heterocycles. The average molecular weight is 362 g/mol. The molecule has 0 aliphatic carbocycles. The minimum Gasteiger partial charge on any atom is -0.493 e. The van der Waals surface area contributed by atoms with Crippen molar-refractivity contribution in [1.82, 2.24) is 15.0 Å². The monoisotopic (exact) mass is 362 g/mol. The van der Waals surface area contributed by atoms with Gasteiger partial charge in [-0.15, -0.1) is 0 Å². The molecule has 7 nitrogen and oxygen atoms in total. The largest absolute Gasteiger partial charge is 0.493 e. The molecule has 0 saturated carbocycles. The fraction of sp³-hybridized carbons (Fsp3) is 0.150. The Bertz CT molecular complexity index is 1150. The zero-order valence-electron chi connectivity index (χ0n) is 14.6. The van der Waals surface area contributed by atoms with Crippen LogP contribution in [0.1, 0.15) is 29.2 Å². The second-order valence-corrected chi connectivity index (χ2v) is 6.43. The number of hydrogen-bond donors (Lipinski definition) is 3. The van der Waals surface area contributed by atoms with Crippen LogP contribution in [0.2, 0.25) is 0 Å². The molecular formula is C20H18N4O3. The van der Waals surface area contributed by atoms with Crippen LogP contribution in [0.3, 0.4) is 0 Å². The number of nitrogens with one attached hydrogen (secondary N) is 2. The second-order valence-electron chi connectivity index (χ2n) is 6.43. The third-order valence-electron chi connectivity index (χ3n) is 4.69. The van der Waals surface area contributed by atoms with Crippen LogP contribution in [0, 0.1) is 6.92 Å². The summed E-state index contributed by atoms with van der Waals surface area (Å²) < 4.78 is 1.10. The first-order valence-electron chi connectivity index (χ1n) is 8.58. The highest BCUT2D eigenvalue weighted by Gasteiger charge is 2.27. The highest BCUT2D eigenvalue weighted by molar-refractivity contribution is 6.03. The fourth-order valence-corrected chi connectivity index (χ4v) is 3.30. The van der Waals surface area contributed by atoms with Gasteiger partial charge in [0.2, 0.25) is 5.88 Å². The first kappa shape index (κ1) is 16.8. The van der Waals surface area contributed by atoms with E-state index in [-0.39, 0.29) is 11.6 Å². The summed E-state index contributed by atoms with van der Waals surface area (Å²) in [5, 5.41) is 15.0. The van der Waals surface area contributed by atoms with E-state index < -0.39 is 17.1 Å². The van der Waals surface area contributed by atoms with Crippen LogP contribution < -0.4 is 16.7 Å². The van der Waals surface area contributed by atoms with Gasteiger partial charge in [0, 0.05) is 6.42 Å². The molecule has 1 atom stereocenters. The molecule has 2 aromatic carbocycles. The van der Waals surface area contributed by atoms with Gasteiger partial charge in [-0.1, -0.05) is 48.5 Å². The molecule has 1 aromatic heterocycles. The molecular weight excluding hydrogens is 344 g/mol. The van der Waals surface area contributed by atoms with E-state index in [1.807, 2.05) is 49.4 Å². The number of H-pyrrole nitrogens is 1. The lowest BCUT2D eigenvalue weighted by Crippen LogP contribution is -2.33. The summed E-state index contributed by atoms with van der Waals surface area (Å²) in [6.45, 7) is 1.83. The number of rotatable bonds is 3. The van der Waals surface area contributed by atoms with Crippen LogP contribution in [-0.4, -0.2) is 20.4 Å². The van der Waals surface area contributed by atoms with E-state index in [1.54, 1.807) is 12.1 Å². The van der Waals surface area contributed by atoms with Gasteiger partial charge in [-0.05, 0) is 24.1 Å². The molecule has 3 N–H and O–H groups in total. The lowest BCUT2D eigenvalue weighted by atomic mass is 10.00. The molecule has 0 fully saturated rings. The number of aromatic amines is 1. The van der Waals surface area contributed by atoms with Gasteiger partial charge < -0.3 is 10.5 Å². The predicted molar refractivity (Wildman–Crippen MR) is 103 cm³/mol. The molecule has 0 unspecified atom stereocenters. The van der Waals surface area contributed by atoms with Gasteiger partial charge in [-0.25, -0.2) is 9.36 Å². The first-order chi connectivity index (χ1) is 13.1. The van der Waals surface area contributed by atoms with Crippen molar-refractivity contribution in [2.24, 2.45) is 5.10 Å². The second kappa shape index (κ2) is 6.60. The summed E-state index contributed by atoms with van der Waals surface area (Å²) in [6.07, 6.45) is 0.423. The first-order valence-corrected chi connectivity index (χ1v) is 8.58. The number of benzene rings is 2. The van der Waals surface area contributed by atoms with E-state index in [0.717, 1.165) is 15.7 Å². The molecule has 136 valence electrons. The lowest BCUT2D eigenvalue weighted by molar-refractivity contribution is 0.429. The number of aromatic hydroxyl groups is 1. The summed E-state index contributed by atoms with van der Waals surface area (Å²) in [6, 6.07) is 16.8. The van der Waals surface area contributed by atoms with E-state index >= 15 is 0 Å². The van der Waals surface area contributed by atoms with Gasteiger partial charge in [-0.2, -0.15) is 5.10 Å². The maximum atomic E-state index is 12.4. The maximum absolute atomic E-state index is 12.4. The van der Waals surface area contributed by atoms with Gasteiger partial charge in [0.15, 0.2) is 0 Å². The molecule has 3 aromatic rings. The third-order valence-corrected chi connectivity index (χ3v) is 4.69. The summed E-state index contributed by atoms with van der Waals surface area (Å²) in [7, 11) is 0. The Balaban J connectivity index is 1.79. The summed E-state index contributed by atoms with van der Waals surface area (Å²) >= 11 is 0. The Morgan fingerprint density at radius 3 is 2.52 bits per heavy atom. The van der Waals surface area contributed by atoms with Crippen LogP contribution in [0.5, 0.6) is 5.88 Å². The van der Waals surface area contributed by atoms with E-state index in [4.69, 9.17) is 0 Å². The highest BCUT2D eigenvalue weighted by atomic mass is 16.3. The molecule has 0 radical (unpaired) electrons. The number of para-hydroxylation sites is 1. The van der Waals surface area contributed by atoms with Crippen molar-refractivity contribution >= 4 is 5.71 Å². The fourth-order valence-electron chi connectivity index (χ4n) is 3.30. The van der Waals surface area contributed by atoms with E-state index in [1.165, 1.54) is 0 Å². The predicted octanol–water partition coefficient (Wildman–Crippen LogP) is 1.98. The molecule has 0 saturated heterocycles. The van der Waals surface area contributed by atoms with Crippen LogP contribution >= 0.6 is 0 Å². The van der Waals surface area contributed by atoms with Crippen molar-refractivity contribution in [3.8, 4) is 11.6 Å². The molecule has 2 heterocycles. The summed E-state index contributed by atoms with van der Waals surface area (Å²) in [5.41, 5.74) is 4.38. The Morgan fingerprint density at radius 2 is 1.78 bits per heavy atom. The van der Waals surface area contributed by atoms with Crippen LogP contribution in [-0.2, 0) is 0 Å². The van der Waals surface area contributed by atoms with Gasteiger partial charge in [0.05, 0.1) is 17.4 Å². The summed E-state index contributed by atoms with van der Waals surface area (Å²) in [4.78, 5) is 27.1. The number of hydrogen-bond acceptors (Lipinski definition) is 5. The van der Waals surface area contributed by atoms with E-state index in [0.29, 0.717) is 17.8 Å². The standard InChI is InChI=1S/C20H18N4O3/c1-12-7-5-6-10-16(12)24-19(26)17(18(25)21-20(24)27)15-11-14(22-23-15)13-8-3-2-4-9-13/h2-10,14,22,26H,11H2,1H3,(H,21,25,27)/t14-/m0/s1. The van der Waals surface area contributed by atoms with Crippen LogP contribution in [0.25, 0.3) is 5.69 Å². The topological polar surface area (TPSA) is 99.5 Å². The Kier molecular flexibility index (Phi) is 4.12. The molecule has 4 rings (SSSR count). The van der Waals surface area contributed by atoms with Crippen molar-refractivity contribution in [2.45, 2.75) is 19.4 Å². The van der Waals surface area contributed by atoms with Crippen LogP contribution in [0.4, 0.5) is 0 Å². The minimum absolute atomic E-state index is 0.00350. The number of nitrogens with zero attached hydrogens (tertiary/aromatic N) is 2. The SMILES string of the molecule is Cc1ccccc1-n1c(O)c(C2=NN[C@H](c3ccccc3)C2)c(=O)[nH]c1=O. The van der Waals surface area contributed by atoms with E-state index in [2.05, 4.69) is 15.5 Å². The normalized spacial score (nSPS) is 16.0. The quantitative estimate of drug-likeness (QED) is 0.663. The Morgan fingerprint density at radius 1 is 1.07 bits per heavy atom. The van der Waals surface area contributed by atoms with Crippen molar-refractivity contribution in [1.29, 1.82) is 0 Å². The van der Waals surface area contributed by atoms with Crippen molar-refractivity contribution in [3.05, 3.63) is 92.1 Å². The van der Waals surface area contributed by atoms with Gasteiger partial charge in [0.1, 0.15) is 5.56 Å². The van der Waals surface area contributed by atoms with Gasteiger partial charge in [-0.3, -0.25) is 9.78 Å². The molecule has 0 spiro atoms. The minimum atomic E-state index is -0.693. The Hall–Kier alpha value is -3.61. The molecule has 1 aliphatic rings. The van der Waals surface area contributed by atoms with Crippen molar-refractivity contribution < 1.29 is 5.11 Å². The molecule has 0 amide bonds. The smallest absolute Gasteiger partial charge is 0.335 e. The Labute approximate surface area is 154 Å². The molecule has 27 heavy (non-hydrogen) atoms. The summed E-state index contributed by atoms with van der Waals surface area (Å²) in [5.74, 6) is -0.410. The van der Waals surface area contributed by atoms with Gasteiger partial charge in [0.25, 0.3) is 5.56 Å². The highest BCUT2D eigenvalue weighted by Crippen LogP contribution is 2.27. The van der Waals surface area contributed by atoms with Crippen LogP contribution in [0.15, 0.2) is 69.3 Å². The third kappa shape index (κ3) is 2.93. The zero-order valence-corrected chi connectivity index (χ0v) is 14.6.